The van der Waals surface area contributed by atoms with Crippen molar-refractivity contribution in [3.63, 3.8) is 0 Å². The molecule has 0 bridgehead atoms. The predicted molar refractivity (Wildman–Crippen MR) is 114 cm³/mol. The molecule has 2 aromatic heterocycles. The van der Waals surface area contributed by atoms with Crippen LogP contribution in [0, 0.1) is 0 Å². The molecule has 0 atom stereocenters. The molecule has 3 rings (SSSR count). The Labute approximate surface area is 190 Å². The van der Waals surface area contributed by atoms with Gasteiger partial charge in [0.25, 0.3) is 5.91 Å². The Hall–Kier alpha value is -3.02. The number of nitrogens with one attached hydrogen (secondary N) is 1. The number of alkyl halides is 3. The minimum absolute atomic E-state index is 0.252. The first-order valence-corrected chi connectivity index (χ1v) is 10.4. The van der Waals surface area contributed by atoms with Crippen LogP contribution in [0.15, 0.2) is 35.1 Å². The summed E-state index contributed by atoms with van der Waals surface area (Å²) < 4.78 is 52.3. The Kier molecular flexibility index (Phi) is 7.12. The Morgan fingerprint density at radius 2 is 1.88 bits per heavy atom. The minimum atomic E-state index is -4.68. The van der Waals surface area contributed by atoms with E-state index in [-0.39, 0.29) is 5.69 Å². The lowest BCUT2D eigenvalue weighted by molar-refractivity contribution is -0.142. The number of hydrogen-bond donors (Lipinski definition) is 1. The fourth-order valence-electron chi connectivity index (χ4n) is 3.01. The summed E-state index contributed by atoms with van der Waals surface area (Å²) in [6.45, 7) is 5.15. The maximum absolute atomic E-state index is 13.0. The molecule has 12 heteroatoms. The molecule has 0 unspecified atom stereocenters. The zero-order chi connectivity index (χ0) is 23.5. The highest BCUT2D eigenvalue weighted by atomic mass is 79.9. The number of ether oxygens (including phenoxy) is 2. The molecule has 0 spiro atoms. The summed E-state index contributed by atoms with van der Waals surface area (Å²) in [6, 6.07) is 5.53. The number of carbonyl (C=O) groups is 1. The molecule has 1 N–H and O–H groups in total. The number of nitrogens with zero attached hydrogens (tertiary/aromatic N) is 4. The molecule has 0 fully saturated rings. The molecule has 0 radical (unpaired) electrons. The highest BCUT2D eigenvalue weighted by molar-refractivity contribution is 9.10. The van der Waals surface area contributed by atoms with Gasteiger partial charge in [0.15, 0.2) is 17.2 Å². The Balaban J connectivity index is 1.74. The van der Waals surface area contributed by atoms with Crippen molar-refractivity contribution in [1.82, 2.24) is 19.6 Å². The fourth-order valence-corrected chi connectivity index (χ4v) is 3.75. The fraction of sp³-hybridized carbons (Fsp3) is 0.350. The maximum Gasteiger partial charge on any atom is 0.436 e. The third-order valence-corrected chi connectivity index (χ3v) is 5.07. The van der Waals surface area contributed by atoms with Crippen LogP contribution >= 0.6 is 15.9 Å². The summed E-state index contributed by atoms with van der Waals surface area (Å²) in [5, 5.41) is 10.1. The molecule has 1 aromatic carbocycles. The minimum Gasteiger partial charge on any atom is -0.490 e. The van der Waals surface area contributed by atoms with Gasteiger partial charge >= 0.3 is 6.18 Å². The van der Waals surface area contributed by atoms with Crippen LogP contribution in [0.25, 0.3) is 0 Å². The molecule has 3 aromatic rings. The van der Waals surface area contributed by atoms with Crippen LogP contribution in [0.5, 0.6) is 11.5 Å². The van der Waals surface area contributed by atoms with Crippen molar-refractivity contribution in [3.8, 4) is 11.5 Å². The first-order valence-electron chi connectivity index (χ1n) is 9.66. The molecule has 172 valence electrons. The van der Waals surface area contributed by atoms with Crippen molar-refractivity contribution in [2.24, 2.45) is 7.05 Å². The molecule has 0 aliphatic rings. The molecule has 0 saturated carbocycles. The smallest absolute Gasteiger partial charge is 0.436 e. The summed E-state index contributed by atoms with van der Waals surface area (Å²) in [5.41, 5.74) is -0.200. The van der Waals surface area contributed by atoms with Crippen molar-refractivity contribution in [2.75, 3.05) is 18.5 Å². The molecule has 0 saturated heterocycles. The van der Waals surface area contributed by atoms with Gasteiger partial charge in [-0.1, -0.05) is 6.07 Å². The topological polar surface area (TPSA) is 83.2 Å². The van der Waals surface area contributed by atoms with Gasteiger partial charge in [-0.15, -0.1) is 0 Å². The summed E-state index contributed by atoms with van der Waals surface area (Å²) >= 11 is 2.83. The van der Waals surface area contributed by atoms with Crippen LogP contribution in [-0.2, 0) is 19.8 Å². The van der Waals surface area contributed by atoms with Crippen LogP contribution in [0.1, 0.15) is 35.6 Å². The second-order valence-electron chi connectivity index (χ2n) is 6.66. The lowest BCUT2D eigenvalue weighted by Gasteiger charge is -2.12. The van der Waals surface area contributed by atoms with Crippen LogP contribution in [0.2, 0.25) is 0 Å². The normalized spacial score (nSPS) is 11.5. The Bertz CT molecular complexity index is 1110. The van der Waals surface area contributed by atoms with E-state index < -0.39 is 22.3 Å². The lowest BCUT2D eigenvalue weighted by atomic mass is 10.2. The zero-order valence-electron chi connectivity index (χ0n) is 17.5. The van der Waals surface area contributed by atoms with Gasteiger partial charge in [0.2, 0.25) is 0 Å². The Morgan fingerprint density at radius 1 is 1.19 bits per heavy atom. The van der Waals surface area contributed by atoms with Crippen molar-refractivity contribution in [2.45, 2.75) is 26.6 Å². The van der Waals surface area contributed by atoms with E-state index in [0.717, 1.165) is 10.2 Å². The number of amides is 1. The third-order valence-electron chi connectivity index (χ3n) is 4.32. The largest absolute Gasteiger partial charge is 0.490 e. The van der Waals surface area contributed by atoms with Crippen molar-refractivity contribution < 1.29 is 27.4 Å². The summed E-state index contributed by atoms with van der Waals surface area (Å²) in [7, 11) is 1.26. The molecular weight excluding hydrogens is 495 g/mol. The van der Waals surface area contributed by atoms with E-state index in [1.54, 1.807) is 10.9 Å². The van der Waals surface area contributed by atoms with E-state index in [0.29, 0.717) is 36.9 Å². The van der Waals surface area contributed by atoms with E-state index in [2.05, 4.69) is 31.4 Å². The number of anilines is 1. The van der Waals surface area contributed by atoms with Gasteiger partial charge in [0.05, 0.1) is 36.1 Å². The van der Waals surface area contributed by atoms with Gasteiger partial charge in [-0.05, 0) is 47.5 Å². The quantitative estimate of drug-likeness (QED) is 0.477. The molecule has 1 amide bonds. The zero-order valence-corrected chi connectivity index (χ0v) is 19.1. The summed E-state index contributed by atoms with van der Waals surface area (Å²) in [6.07, 6.45) is -1.70. The first-order chi connectivity index (χ1) is 15.1. The number of benzene rings is 1. The van der Waals surface area contributed by atoms with Crippen molar-refractivity contribution in [1.29, 1.82) is 0 Å². The van der Waals surface area contributed by atoms with Gasteiger partial charge < -0.3 is 14.8 Å². The molecular formula is C20H21BrF3N5O3. The second-order valence-corrected chi connectivity index (χ2v) is 7.45. The molecule has 0 aliphatic heterocycles. The molecule has 0 aliphatic carbocycles. The van der Waals surface area contributed by atoms with Crippen LogP contribution in [0.4, 0.5) is 18.9 Å². The monoisotopic (exact) mass is 515 g/mol. The standard InChI is InChI=1S/C20H21BrF3N5O3/c1-4-31-14-7-6-12(8-15(14)32-5-2)10-29-11-13(9-25-29)26-19(30)17-16(21)18(20(22,23)24)27-28(17)3/h6-9,11H,4-5,10H2,1-3H3,(H,26,30). The third kappa shape index (κ3) is 5.23. The van der Waals surface area contributed by atoms with E-state index in [1.807, 2.05) is 32.0 Å². The Morgan fingerprint density at radius 3 is 2.50 bits per heavy atom. The van der Waals surface area contributed by atoms with E-state index in [1.165, 1.54) is 13.2 Å². The van der Waals surface area contributed by atoms with E-state index in [9.17, 15) is 18.0 Å². The summed E-state index contributed by atoms with van der Waals surface area (Å²) in [4.78, 5) is 12.5. The van der Waals surface area contributed by atoms with Gasteiger partial charge in [-0.2, -0.15) is 23.4 Å². The van der Waals surface area contributed by atoms with E-state index >= 15 is 0 Å². The lowest BCUT2D eigenvalue weighted by Crippen LogP contribution is -2.16. The average molecular weight is 516 g/mol. The SMILES string of the molecule is CCOc1ccc(Cn2cc(NC(=O)c3c(Br)c(C(F)(F)F)nn3C)cn2)cc1OCC. The van der Waals surface area contributed by atoms with Gasteiger partial charge in [0, 0.05) is 13.2 Å². The highest BCUT2D eigenvalue weighted by Crippen LogP contribution is 2.35. The van der Waals surface area contributed by atoms with Gasteiger partial charge in [-0.3, -0.25) is 14.2 Å². The number of rotatable bonds is 8. The maximum atomic E-state index is 13.0. The van der Waals surface area contributed by atoms with E-state index in [4.69, 9.17) is 9.47 Å². The number of aromatic nitrogens is 4. The first kappa shape index (κ1) is 23.6. The highest BCUT2D eigenvalue weighted by Gasteiger charge is 2.39. The van der Waals surface area contributed by atoms with Crippen LogP contribution in [0.3, 0.4) is 0 Å². The molecule has 8 nitrogen and oxygen atoms in total. The second kappa shape index (κ2) is 9.63. The van der Waals surface area contributed by atoms with Crippen LogP contribution in [-0.4, -0.2) is 38.7 Å². The van der Waals surface area contributed by atoms with Gasteiger partial charge in [-0.25, -0.2) is 0 Å². The predicted octanol–water partition coefficient (Wildman–Crippen LogP) is 4.50. The average Bonchev–Trinajstić information content (AvgIpc) is 3.27. The summed E-state index contributed by atoms with van der Waals surface area (Å²) in [5.74, 6) is 0.516. The van der Waals surface area contributed by atoms with Crippen molar-refractivity contribution in [3.05, 3.63) is 52.0 Å². The van der Waals surface area contributed by atoms with Gasteiger partial charge in [0.1, 0.15) is 5.69 Å². The van der Waals surface area contributed by atoms with Crippen LogP contribution < -0.4 is 14.8 Å². The molecule has 32 heavy (non-hydrogen) atoms. The number of hydrogen-bond acceptors (Lipinski definition) is 5. The number of aryl methyl sites for hydroxylation is 1. The number of halogens is 4. The van der Waals surface area contributed by atoms with Crippen molar-refractivity contribution >= 4 is 27.5 Å². The number of carbonyl (C=O) groups excluding carboxylic acids is 1. The molecule has 2 heterocycles.